The van der Waals surface area contributed by atoms with Gasteiger partial charge in [0.2, 0.25) is 17.8 Å². The molecule has 0 spiro atoms. The third-order valence-electron chi connectivity index (χ3n) is 13.5. The van der Waals surface area contributed by atoms with Gasteiger partial charge in [-0.15, -0.1) is 21.5 Å². The van der Waals surface area contributed by atoms with Gasteiger partial charge in [0, 0.05) is 73.3 Å². The van der Waals surface area contributed by atoms with Gasteiger partial charge in [-0.2, -0.15) is 0 Å². The molecular formula is C49H52N10O5S. The van der Waals surface area contributed by atoms with E-state index in [-0.39, 0.29) is 48.4 Å². The van der Waals surface area contributed by atoms with Crippen molar-refractivity contribution in [2.75, 3.05) is 24.5 Å². The number of phenols is 1. The van der Waals surface area contributed by atoms with Crippen LogP contribution in [0.3, 0.4) is 0 Å². The number of carbonyl (C=O) groups is 2. The monoisotopic (exact) mass is 892 g/mol. The van der Waals surface area contributed by atoms with E-state index in [1.54, 1.807) is 41.9 Å². The van der Waals surface area contributed by atoms with Crippen LogP contribution < -0.4 is 10.2 Å². The number of fused-ring (bicyclic) bond motifs is 1. The molecule has 5 aromatic heterocycles. The largest absolute Gasteiger partial charge is 0.507 e. The zero-order valence-electron chi connectivity index (χ0n) is 36.8. The van der Waals surface area contributed by atoms with Crippen molar-refractivity contribution in [3.05, 3.63) is 107 Å². The molecular weight excluding hydrogens is 841 g/mol. The van der Waals surface area contributed by atoms with Crippen LogP contribution in [0.2, 0.25) is 0 Å². The fourth-order valence-corrected chi connectivity index (χ4v) is 10.5. The summed E-state index contributed by atoms with van der Waals surface area (Å²) in [5.74, 6) is -0.132. The Labute approximate surface area is 380 Å². The van der Waals surface area contributed by atoms with Gasteiger partial charge in [0.1, 0.15) is 34.7 Å². The molecule has 0 bridgehead atoms. The number of amides is 2. The molecule has 3 fully saturated rings. The highest BCUT2D eigenvalue weighted by Crippen LogP contribution is 2.42. The maximum atomic E-state index is 14.4. The predicted octanol–water partition coefficient (Wildman–Crippen LogP) is 7.98. The summed E-state index contributed by atoms with van der Waals surface area (Å²) >= 11 is 1.59. The second kappa shape index (κ2) is 17.5. The van der Waals surface area contributed by atoms with Gasteiger partial charge in [-0.05, 0) is 80.8 Å². The van der Waals surface area contributed by atoms with Crippen LogP contribution in [0, 0.1) is 12.8 Å². The van der Waals surface area contributed by atoms with E-state index in [1.807, 2.05) is 69.6 Å². The second-order valence-electron chi connectivity index (χ2n) is 18.1. The number of aromatic nitrogens is 7. The Morgan fingerprint density at radius 3 is 2.40 bits per heavy atom. The zero-order valence-corrected chi connectivity index (χ0v) is 37.7. The summed E-state index contributed by atoms with van der Waals surface area (Å²) < 4.78 is 8.32. The first-order valence-corrected chi connectivity index (χ1v) is 23.4. The van der Waals surface area contributed by atoms with E-state index >= 15 is 0 Å². The Hall–Kier alpha value is -6.52. The number of hydrogen-bond donors (Lipinski definition) is 3. The fourth-order valence-electron chi connectivity index (χ4n) is 9.71. The van der Waals surface area contributed by atoms with Gasteiger partial charge in [0.25, 0.3) is 0 Å². The van der Waals surface area contributed by atoms with Crippen LogP contribution >= 0.6 is 11.3 Å². The minimum absolute atomic E-state index is 0.0442. The first-order valence-electron chi connectivity index (χ1n) is 22.5. The van der Waals surface area contributed by atoms with Gasteiger partial charge in [-0.25, -0.2) is 15.0 Å². The maximum absolute atomic E-state index is 14.4. The fraction of sp³-hybridized carbons (Fsp3) is 0.388. The highest BCUT2D eigenvalue weighted by Gasteiger charge is 2.44. The van der Waals surface area contributed by atoms with E-state index in [2.05, 4.69) is 47.3 Å². The predicted molar refractivity (Wildman–Crippen MR) is 247 cm³/mol. The quantitative estimate of drug-likeness (QED) is 0.108. The molecule has 15 nitrogen and oxygen atoms in total. The van der Waals surface area contributed by atoms with Crippen LogP contribution in [0.1, 0.15) is 99.5 Å². The van der Waals surface area contributed by atoms with E-state index in [0.29, 0.717) is 40.3 Å². The van der Waals surface area contributed by atoms with Gasteiger partial charge in [-0.1, -0.05) is 55.4 Å². The van der Waals surface area contributed by atoms with Gasteiger partial charge in [-0.3, -0.25) is 9.59 Å². The average Bonchev–Trinajstić information content (AvgIpc) is 4.15. The lowest BCUT2D eigenvalue weighted by atomic mass is 9.91. The molecule has 2 amide bonds. The molecule has 10 rings (SSSR count). The number of aliphatic hydroxyl groups excluding tert-OH is 1. The number of hydrogen-bond acceptors (Lipinski definition) is 13. The Morgan fingerprint density at radius 1 is 0.908 bits per heavy atom. The molecule has 1 saturated carbocycles. The normalized spacial score (nSPS) is 19.8. The lowest BCUT2D eigenvalue weighted by molar-refractivity contribution is -0.141. The molecule has 2 aliphatic heterocycles. The highest BCUT2D eigenvalue weighted by atomic mass is 32.1. The first-order chi connectivity index (χ1) is 31.5. The summed E-state index contributed by atoms with van der Waals surface area (Å²) in [7, 11) is 0. The molecule has 5 atom stereocenters. The number of aliphatic hydroxyl groups is 1. The molecule has 1 aliphatic carbocycles. The van der Waals surface area contributed by atoms with Crippen LogP contribution in [0.5, 0.6) is 5.75 Å². The second-order valence-corrected chi connectivity index (χ2v) is 19.0. The Balaban J connectivity index is 0.811. The molecule has 3 N–H and O–H groups in total. The summed E-state index contributed by atoms with van der Waals surface area (Å²) in [5.41, 5.74) is 10.4. The molecule has 7 aromatic rings. The third kappa shape index (κ3) is 8.13. The SMILES string of the molecule is Cc1ncsc1-c1ccc([C@H](C)NC(=O)[C@@H]2C[C@@H](O)CN2C(=O)[C@@H](c2cc(-c3cnc(N4CC[C@@H](c5cc6nnc(-c7ccccc7O)cc6n5C5CCC5)C4)nc3)no2)C(C)C)cc1. The first kappa shape index (κ1) is 42.4. The van der Waals surface area contributed by atoms with Crippen molar-refractivity contribution < 1.29 is 24.3 Å². The van der Waals surface area contributed by atoms with Crippen molar-refractivity contribution >= 4 is 40.1 Å². The minimum Gasteiger partial charge on any atom is -0.507 e. The van der Waals surface area contributed by atoms with Crippen LogP contribution in [-0.4, -0.2) is 93.6 Å². The van der Waals surface area contributed by atoms with Crippen molar-refractivity contribution in [2.24, 2.45) is 5.92 Å². The Morgan fingerprint density at radius 2 is 1.69 bits per heavy atom. The van der Waals surface area contributed by atoms with E-state index in [1.165, 1.54) is 17.0 Å². The molecule has 2 aromatic carbocycles. The summed E-state index contributed by atoms with van der Waals surface area (Å²) in [5, 5.41) is 37.8. The highest BCUT2D eigenvalue weighted by molar-refractivity contribution is 7.13. The third-order valence-corrected chi connectivity index (χ3v) is 14.5. The summed E-state index contributed by atoms with van der Waals surface area (Å²) in [6.07, 6.45) is 7.13. The van der Waals surface area contributed by atoms with Crippen molar-refractivity contribution in [1.82, 2.24) is 45.1 Å². The number of anilines is 1. The van der Waals surface area contributed by atoms with Crippen molar-refractivity contribution in [2.45, 2.75) is 95.9 Å². The van der Waals surface area contributed by atoms with E-state index in [9.17, 15) is 19.8 Å². The molecule has 7 heterocycles. The number of aromatic hydroxyl groups is 1. The average molecular weight is 893 g/mol. The van der Waals surface area contributed by atoms with Crippen molar-refractivity contribution in [3.8, 4) is 38.7 Å². The zero-order chi connectivity index (χ0) is 44.9. The number of benzene rings is 2. The lowest BCUT2D eigenvalue weighted by Crippen LogP contribution is -2.48. The number of carbonyl (C=O) groups excluding carboxylic acids is 2. The lowest BCUT2D eigenvalue weighted by Gasteiger charge is -2.31. The number of para-hydroxylation sites is 1. The van der Waals surface area contributed by atoms with Crippen molar-refractivity contribution in [3.63, 3.8) is 0 Å². The van der Waals surface area contributed by atoms with Crippen LogP contribution in [0.15, 0.2) is 89.2 Å². The molecule has 16 heteroatoms. The molecule has 0 radical (unpaired) electrons. The van der Waals surface area contributed by atoms with Crippen LogP contribution in [0.4, 0.5) is 5.95 Å². The molecule has 65 heavy (non-hydrogen) atoms. The summed E-state index contributed by atoms with van der Waals surface area (Å²) in [6, 6.07) is 20.5. The van der Waals surface area contributed by atoms with E-state index < -0.39 is 18.1 Å². The van der Waals surface area contributed by atoms with Gasteiger partial charge in [0.15, 0.2) is 0 Å². The number of rotatable bonds is 12. The van der Waals surface area contributed by atoms with Crippen LogP contribution in [-0.2, 0) is 9.59 Å². The summed E-state index contributed by atoms with van der Waals surface area (Å²) in [6.45, 7) is 9.34. The molecule has 334 valence electrons. The molecule has 0 unspecified atom stereocenters. The number of likely N-dealkylation sites (tertiary alicyclic amines) is 1. The van der Waals surface area contributed by atoms with E-state index in [4.69, 9.17) is 14.5 Å². The molecule has 3 aliphatic rings. The number of β-amino-alcohol motifs (C(OH)–C–C–N with tert-alkyl or cyclic N) is 1. The summed E-state index contributed by atoms with van der Waals surface area (Å²) in [4.78, 5) is 46.8. The minimum atomic E-state index is -0.841. The number of aryl methyl sites for hydroxylation is 1. The number of nitrogens with zero attached hydrogens (tertiary/aromatic N) is 9. The van der Waals surface area contributed by atoms with Crippen LogP contribution in [0.25, 0.3) is 44.0 Å². The molecule has 2 saturated heterocycles. The Bertz CT molecular complexity index is 2850. The van der Waals surface area contributed by atoms with Crippen molar-refractivity contribution in [1.29, 1.82) is 0 Å². The maximum Gasteiger partial charge on any atom is 0.243 e. The number of phenolic OH excluding ortho intramolecular Hbond substituents is 1. The smallest absolute Gasteiger partial charge is 0.243 e. The standard InChI is InChI=1S/C49H52N10O5S/c1-27(2)45(48(63)58-25-35(60)18-42(58)47(62)53-28(3)30-12-14-31(15-13-30)46-29(4)52-26-65-46)44-21-37(56-64-44)33-22-50-49(51-23-33)57-17-16-32(24-57)40-20-39-41(59(40)34-8-7-9-34)19-38(54-55-39)36-10-5-6-11-43(36)61/h5-6,10-15,19-23,26-28,32,34-35,42,45,60-61H,7-9,16-18,24-25H2,1-4H3,(H,53,62)/t28-,32+,35+,42-,45+/m0/s1. The Kier molecular flexibility index (Phi) is 11.4. The number of thiazole rings is 1. The van der Waals surface area contributed by atoms with Gasteiger partial charge >= 0.3 is 0 Å². The van der Waals surface area contributed by atoms with Gasteiger partial charge in [0.05, 0.1) is 39.4 Å². The van der Waals surface area contributed by atoms with Gasteiger partial charge < -0.3 is 34.4 Å². The van der Waals surface area contributed by atoms with E-state index in [0.717, 1.165) is 65.1 Å². The number of nitrogens with one attached hydrogen (secondary N) is 1. The topological polar surface area (TPSA) is 189 Å².